The summed E-state index contributed by atoms with van der Waals surface area (Å²) in [6, 6.07) is 7.09. The lowest BCUT2D eigenvalue weighted by Crippen LogP contribution is -2.42. The minimum atomic E-state index is -1.05. The molecule has 1 atom stereocenters. The van der Waals surface area contributed by atoms with E-state index < -0.39 is 12.0 Å². The minimum absolute atomic E-state index is 0.165. The molecular formula is C27H34BrN3O4. The smallest absolute Gasteiger partial charge is 0.326 e. The molecule has 0 bridgehead atoms. The van der Waals surface area contributed by atoms with Crippen LogP contribution in [-0.2, 0) is 22.4 Å². The van der Waals surface area contributed by atoms with E-state index in [9.17, 15) is 14.7 Å². The summed E-state index contributed by atoms with van der Waals surface area (Å²) in [6.45, 7) is 5.00. The zero-order valence-electron chi connectivity index (χ0n) is 20.4. The van der Waals surface area contributed by atoms with Crippen molar-refractivity contribution in [3.05, 3.63) is 56.7 Å². The Bertz CT molecular complexity index is 1080. The van der Waals surface area contributed by atoms with Crippen LogP contribution in [0.3, 0.4) is 0 Å². The first-order valence-electron chi connectivity index (χ1n) is 12.5. The number of ether oxygens (including phenoxy) is 1. The monoisotopic (exact) mass is 543 g/mol. The van der Waals surface area contributed by atoms with E-state index in [1.165, 1.54) is 12.0 Å². The van der Waals surface area contributed by atoms with E-state index in [0.29, 0.717) is 18.1 Å². The highest BCUT2D eigenvalue weighted by atomic mass is 79.9. The first kappa shape index (κ1) is 25.6. The van der Waals surface area contributed by atoms with E-state index >= 15 is 0 Å². The molecule has 1 saturated carbocycles. The van der Waals surface area contributed by atoms with Gasteiger partial charge in [0.1, 0.15) is 11.9 Å². The maximum Gasteiger partial charge on any atom is 0.326 e. The summed E-state index contributed by atoms with van der Waals surface area (Å²) in [4.78, 5) is 29.3. The lowest BCUT2D eigenvalue weighted by Gasteiger charge is -2.35. The highest BCUT2D eigenvalue weighted by molar-refractivity contribution is 9.10. The fraction of sp³-hybridized carbons (Fsp3) is 0.519. The van der Waals surface area contributed by atoms with Gasteiger partial charge in [0.25, 0.3) is 5.91 Å². The lowest BCUT2D eigenvalue weighted by molar-refractivity contribution is -0.140. The van der Waals surface area contributed by atoms with Gasteiger partial charge in [-0.2, -0.15) is 0 Å². The number of carboxylic acid groups (broad SMARTS) is 1. The van der Waals surface area contributed by atoms with Crippen molar-refractivity contribution >= 4 is 33.6 Å². The van der Waals surface area contributed by atoms with Gasteiger partial charge in [-0.15, -0.1) is 0 Å². The molecule has 35 heavy (non-hydrogen) atoms. The zero-order valence-corrected chi connectivity index (χ0v) is 22.0. The van der Waals surface area contributed by atoms with Crippen molar-refractivity contribution in [1.29, 1.82) is 0 Å². The fourth-order valence-electron chi connectivity index (χ4n) is 4.92. The average molecular weight is 544 g/mol. The number of pyridine rings is 1. The summed E-state index contributed by atoms with van der Waals surface area (Å²) in [5.41, 5.74) is 4.57. The molecular weight excluding hydrogens is 510 g/mol. The highest BCUT2D eigenvalue weighted by Gasteiger charge is 2.30. The second-order valence-electron chi connectivity index (χ2n) is 9.73. The lowest BCUT2D eigenvalue weighted by atomic mass is 9.79. The molecule has 1 amide bonds. The summed E-state index contributed by atoms with van der Waals surface area (Å²) in [6.07, 6.45) is 6.71. The number of anilines is 1. The van der Waals surface area contributed by atoms with Crippen molar-refractivity contribution in [3.63, 3.8) is 0 Å². The van der Waals surface area contributed by atoms with Gasteiger partial charge < -0.3 is 20.5 Å². The molecule has 4 rings (SSSR count). The molecule has 2 aromatic rings. The molecule has 0 spiro atoms. The number of aryl methyl sites for hydroxylation is 3. The van der Waals surface area contributed by atoms with Crippen molar-refractivity contribution in [2.24, 2.45) is 5.92 Å². The third kappa shape index (κ3) is 6.41. The highest BCUT2D eigenvalue weighted by Crippen LogP contribution is 2.34. The van der Waals surface area contributed by atoms with Gasteiger partial charge >= 0.3 is 5.97 Å². The Kier molecular flexibility index (Phi) is 8.44. The molecule has 1 aliphatic heterocycles. The second kappa shape index (κ2) is 11.5. The predicted molar refractivity (Wildman–Crippen MR) is 139 cm³/mol. The van der Waals surface area contributed by atoms with Gasteiger partial charge in [0, 0.05) is 35.3 Å². The molecule has 2 heterocycles. The van der Waals surface area contributed by atoms with Gasteiger partial charge in [-0.05, 0) is 87.1 Å². The maximum atomic E-state index is 12.8. The quantitative estimate of drug-likeness (QED) is 0.397. The van der Waals surface area contributed by atoms with E-state index in [-0.39, 0.29) is 18.4 Å². The van der Waals surface area contributed by atoms with Crippen LogP contribution in [0, 0.1) is 19.8 Å². The largest absolute Gasteiger partial charge is 0.480 e. The van der Waals surface area contributed by atoms with Gasteiger partial charge in [-0.3, -0.25) is 4.79 Å². The summed E-state index contributed by atoms with van der Waals surface area (Å²) in [5.74, 6) is 0.242. The summed E-state index contributed by atoms with van der Waals surface area (Å²) < 4.78 is 6.74. The Balaban J connectivity index is 1.18. The Morgan fingerprint density at radius 2 is 2.06 bits per heavy atom. The number of nitrogens with zero attached hydrogens (tertiary/aromatic N) is 1. The molecule has 188 valence electrons. The number of rotatable bonds is 10. The van der Waals surface area contributed by atoms with Gasteiger partial charge in [0.15, 0.2) is 0 Å². The number of fused-ring (bicyclic) bond motifs is 1. The number of halogens is 1. The van der Waals surface area contributed by atoms with E-state index in [1.807, 2.05) is 26.0 Å². The van der Waals surface area contributed by atoms with E-state index in [1.54, 1.807) is 0 Å². The van der Waals surface area contributed by atoms with Gasteiger partial charge in [0.05, 0.1) is 6.10 Å². The third-order valence-electron chi connectivity index (χ3n) is 7.15. The van der Waals surface area contributed by atoms with E-state index in [4.69, 9.17) is 9.72 Å². The van der Waals surface area contributed by atoms with Crippen LogP contribution in [0.5, 0.6) is 0 Å². The predicted octanol–water partition coefficient (Wildman–Crippen LogP) is 4.82. The molecule has 1 fully saturated rings. The molecule has 0 unspecified atom stereocenters. The first-order chi connectivity index (χ1) is 16.8. The number of nitrogens with one attached hydrogen (secondary N) is 2. The van der Waals surface area contributed by atoms with E-state index in [0.717, 1.165) is 65.8 Å². The first-order valence-corrected chi connectivity index (χ1v) is 13.2. The summed E-state index contributed by atoms with van der Waals surface area (Å²) in [5, 5.41) is 15.7. The Morgan fingerprint density at radius 1 is 1.26 bits per heavy atom. The molecule has 2 aliphatic rings. The van der Waals surface area contributed by atoms with Crippen LogP contribution in [0.15, 0.2) is 28.7 Å². The van der Waals surface area contributed by atoms with Crippen LogP contribution >= 0.6 is 15.9 Å². The fourth-order valence-corrected chi connectivity index (χ4v) is 5.25. The minimum Gasteiger partial charge on any atom is -0.480 e. The van der Waals surface area contributed by atoms with Crippen LogP contribution in [0.4, 0.5) is 5.82 Å². The number of amides is 1. The van der Waals surface area contributed by atoms with Crippen molar-refractivity contribution < 1.29 is 19.4 Å². The standard InChI is InChI=1S/C27H34BrN3O4/c1-16-5-10-22(28)17(2)24(16)26(32)31-23(27(33)34)11-13-35-21-14-18(15-21)6-8-20-9-7-19-4-3-12-29-25(19)30-20/h5,7,9-10,18,21,23H,3-4,6,8,11-15H2,1-2H3,(H,29,30)(H,31,32)(H,33,34)/t18-,21+,23-/m0/s1. The SMILES string of the molecule is Cc1ccc(Br)c(C)c1C(=O)N[C@@H](CCO[C@H]1C[C@@H](CCc2ccc3c(n2)NCCC3)C1)C(=O)O. The maximum absolute atomic E-state index is 12.8. The van der Waals surface area contributed by atoms with Crippen molar-refractivity contribution in [2.45, 2.75) is 70.9 Å². The molecule has 0 radical (unpaired) electrons. The Labute approximate surface area is 215 Å². The zero-order chi connectivity index (χ0) is 24.9. The number of carboxylic acids is 1. The molecule has 1 aromatic heterocycles. The van der Waals surface area contributed by atoms with Crippen LogP contribution in [0.1, 0.15) is 64.8 Å². The molecule has 1 aliphatic carbocycles. The van der Waals surface area contributed by atoms with Crippen LogP contribution in [0.25, 0.3) is 0 Å². The third-order valence-corrected chi connectivity index (χ3v) is 8.01. The topological polar surface area (TPSA) is 101 Å². The summed E-state index contributed by atoms with van der Waals surface area (Å²) >= 11 is 3.44. The number of hydrogen-bond acceptors (Lipinski definition) is 5. The van der Waals surface area contributed by atoms with Crippen LogP contribution in [-0.4, -0.2) is 47.3 Å². The number of benzene rings is 1. The molecule has 1 aromatic carbocycles. The van der Waals surface area contributed by atoms with Crippen LogP contribution in [0.2, 0.25) is 0 Å². The molecule has 8 heteroatoms. The van der Waals surface area contributed by atoms with Crippen molar-refractivity contribution in [1.82, 2.24) is 10.3 Å². The van der Waals surface area contributed by atoms with Gasteiger partial charge in [-0.25, -0.2) is 9.78 Å². The Hall–Kier alpha value is -2.45. The number of hydrogen-bond donors (Lipinski definition) is 3. The molecule has 0 saturated heterocycles. The molecule has 3 N–H and O–H groups in total. The van der Waals surface area contributed by atoms with Crippen molar-refractivity contribution in [2.75, 3.05) is 18.5 Å². The average Bonchev–Trinajstić information content (AvgIpc) is 2.81. The summed E-state index contributed by atoms with van der Waals surface area (Å²) in [7, 11) is 0. The van der Waals surface area contributed by atoms with Gasteiger partial charge in [-0.1, -0.05) is 28.1 Å². The van der Waals surface area contributed by atoms with Crippen LogP contribution < -0.4 is 10.6 Å². The van der Waals surface area contributed by atoms with Gasteiger partial charge in [0.2, 0.25) is 0 Å². The second-order valence-corrected chi connectivity index (χ2v) is 10.6. The van der Waals surface area contributed by atoms with Crippen molar-refractivity contribution in [3.8, 4) is 0 Å². The number of aliphatic carboxylic acids is 1. The van der Waals surface area contributed by atoms with E-state index in [2.05, 4.69) is 38.7 Å². The number of aromatic nitrogens is 1. The number of carbonyl (C=O) groups excluding carboxylic acids is 1. The molecule has 7 nitrogen and oxygen atoms in total. The Morgan fingerprint density at radius 3 is 2.83 bits per heavy atom. The normalized spacial score (nSPS) is 19.7. The number of carbonyl (C=O) groups is 2.